The van der Waals surface area contributed by atoms with Crippen molar-refractivity contribution in [2.24, 2.45) is 17.8 Å². The second-order valence-electron chi connectivity index (χ2n) is 5.58. The Morgan fingerprint density at radius 1 is 1.44 bits per heavy atom. The van der Waals surface area contributed by atoms with E-state index in [-0.39, 0.29) is 6.04 Å². The molecule has 2 aliphatic rings. The van der Waals surface area contributed by atoms with E-state index < -0.39 is 0 Å². The maximum absolute atomic E-state index is 5.06. The Hall–Kier alpha value is -1.16. The third-order valence-electron chi connectivity index (χ3n) is 4.31. The highest BCUT2D eigenvalue weighted by molar-refractivity contribution is 5.10. The summed E-state index contributed by atoms with van der Waals surface area (Å²) < 4.78 is 5.06. The van der Waals surface area contributed by atoms with Crippen LogP contribution in [0.2, 0.25) is 0 Å². The highest BCUT2D eigenvalue weighted by atomic mass is 16.5. The number of rotatable bonds is 5. The van der Waals surface area contributed by atoms with Gasteiger partial charge in [0.15, 0.2) is 5.82 Å². The van der Waals surface area contributed by atoms with Gasteiger partial charge in [-0.15, -0.1) is 0 Å². The molecule has 3 rings (SSSR count). The van der Waals surface area contributed by atoms with Crippen LogP contribution >= 0.6 is 0 Å². The summed E-state index contributed by atoms with van der Waals surface area (Å²) >= 11 is 0. The van der Waals surface area contributed by atoms with Crippen LogP contribution in [-0.2, 0) is 0 Å². The van der Waals surface area contributed by atoms with E-state index >= 15 is 0 Å². The zero-order valence-electron chi connectivity index (χ0n) is 11.1. The summed E-state index contributed by atoms with van der Waals surface area (Å²) in [5, 5.41) is 7.62. The maximum atomic E-state index is 5.06. The van der Waals surface area contributed by atoms with Crippen LogP contribution in [0.1, 0.15) is 43.9 Å². The summed E-state index contributed by atoms with van der Waals surface area (Å²) in [6.07, 6.45) is 8.50. The average molecular weight is 247 g/mol. The summed E-state index contributed by atoms with van der Waals surface area (Å²) in [6.45, 7) is 5.06. The van der Waals surface area contributed by atoms with Crippen molar-refractivity contribution in [3.63, 3.8) is 0 Å². The summed E-state index contributed by atoms with van der Waals surface area (Å²) in [5.41, 5.74) is 0. The number of hydrogen-bond acceptors (Lipinski definition) is 4. The van der Waals surface area contributed by atoms with E-state index in [0.717, 1.165) is 36.5 Å². The van der Waals surface area contributed by atoms with Crippen LogP contribution in [0.4, 0.5) is 0 Å². The second kappa shape index (κ2) is 4.84. The van der Waals surface area contributed by atoms with Crippen LogP contribution < -0.4 is 5.32 Å². The number of hydrogen-bond donors (Lipinski definition) is 1. The van der Waals surface area contributed by atoms with Crippen molar-refractivity contribution in [2.45, 2.75) is 39.2 Å². The molecule has 0 amide bonds. The molecular weight excluding hydrogens is 226 g/mol. The highest BCUT2D eigenvalue weighted by Crippen LogP contribution is 2.43. The molecule has 18 heavy (non-hydrogen) atoms. The zero-order valence-corrected chi connectivity index (χ0v) is 11.1. The van der Waals surface area contributed by atoms with Crippen LogP contribution in [0.15, 0.2) is 16.7 Å². The summed E-state index contributed by atoms with van der Waals surface area (Å²) in [7, 11) is 0. The standard InChI is InChI=1S/C14H21N3O/c1-3-13(14-16-9(2)18-17-14)15-8-12-7-10-4-5-11(12)6-10/h4-5,10-13,15H,3,6-8H2,1-2H3. The monoisotopic (exact) mass is 247 g/mol. The van der Waals surface area contributed by atoms with Gasteiger partial charge in [0.25, 0.3) is 0 Å². The number of fused-ring (bicyclic) bond motifs is 2. The van der Waals surface area contributed by atoms with Crippen LogP contribution in [-0.4, -0.2) is 16.7 Å². The first-order valence-electron chi connectivity index (χ1n) is 6.98. The topological polar surface area (TPSA) is 51.0 Å². The molecule has 1 heterocycles. The van der Waals surface area contributed by atoms with Gasteiger partial charge < -0.3 is 9.84 Å². The zero-order chi connectivity index (χ0) is 12.5. The molecule has 0 aromatic carbocycles. The number of allylic oxidation sites excluding steroid dienone is 2. The molecule has 1 aromatic rings. The van der Waals surface area contributed by atoms with E-state index in [9.17, 15) is 0 Å². The number of aryl methyl sites for hydroxylation is 1. The lowest BCUT2D eigenvalue weighted by Crippen LogP contribution is -2.29. The largest absolute Gasteiger partial charge is 0.340 e. The van der Waals surface area contributed by atoms with E-state index in [1.807, 2.05) is 6.92 Å². The Morgan fingerprint density at radius 3 is 2.89 bits per heavy atom. The normalized spacial score (nSPS) is 31.1. The molecule has 0 aliphatic heterocycles. The first kappa shape index (κ1) is 11.9. The molecule has 1 aromatic heterocycles. The smallest absolute Gasteiger partial charge is 0.223 e. The van der Waals surface area contributed by atoms with Gasteiger partial charge in [-0.1, -0.05) is 24.2 Å². The third kappa shape index (κ3) is 2.21. The highest BCUT2D eigenvalue weighted by Gasteiger charge is 2.35. The molecule has 1 saturated carbocycles. The van der Waals surface area contributed by atoms with E-state index in [0.29, 0.717) is 5.89 Å². The lowest BCUT2D eigenvalue weighted by Gasteiger charge is -2.21. The van der Waals surface area contributed by atoms with E-state index in [1.54, 1.807) is 0 Å². The Morgan fingerprint density at radius 2 is 2.33 bits per heavy atom. The van der Waals surface area contributed by atoms with Gasteiger partial charge in [0.05, 0.1) is 6.04 Å². The second-order valence-corrected chi connectivity index (χ2v) is 5.58. The Balaban J connectivity index is 1.56. The van der Waals surface area contributed by atoms with Crippen LogP contribution in [0, 0.1) is 24.7 Å². The van der Waals surface area contributed by atoms with E-state index in [1.165, 1.54) is 12.8 Å². The Kier molecular flexibility index (Phi) is 3.20. The van der Waals surface area contributed by atoms with Gasteiger partial charge in [0.1, 0.15) is 0 Å². The van der Waals surface area contributed by atoms with Gasteiger partial charge in [0, 0.05) is 6.92 Å². The van der Waals surface area contributed by atoms with Crippen LogP contribution in [0.5, 0.6) is 0 Å². The van der Waals surface area contributed by atoms with Crippen molar-refractivity contribution in [1.29, 1.82) is 0 Å². The molecule has 4 unspecified atom stereocenters. The lowest BCUT2D eigenvalue weighted by molar-refractivity contribution is 0.353. The Labute approximate surface area is 108 Å². The predicted octanol–water partition coefficient (Wildman–Crippen LogP) is 2.63. The molecule has 2 aliphatic carbocycles. The number of nitrogens with zero attached hydrogens (tertiary/aromatic N) is 2. The van der Waals surface area contributed by atoms with Gasteiger partial charge in [-0.3, -0.25) is 0 Å². The quantitative estimate of drug-likeness (QED) is 0.813. The lowest BCUT2D eigenvalue weighted by atomic mass is 9.93. The van der Waals surface area contributed by atoms with Gasteiger partial charge in [-0.05, 0) is 43.6 Å². The fourth-order valence-electron chi connectivity index (χ4n) is 3.30. The average Bonchev–Trinajstić information content (AvgIpc) is 3.06. The Bertz CT molecular complexity index is 440. The third-order valence-corrected chi connectivity index (χ3v) is 4.31. The van der Waals surface area contributed by atoms with Crippen LogP contribution in [0.3, 0.4) is 0 Å². The summed E-state index contributed by atoms with van der Waals surface area (Å²) in [5.74, 6) is 3.88. The maximum Gasteiger partial charge on any atom is 0.223 e. The van der Waals surface area contributed by atoms with Gasteiger partial charge >= 0.3 is 0 Å². The fourth-order valence-corrected chi connectivity index (χ4v) is 3.30. The minimum Gasteiger partial charge on any atom is -0.340 e. The minimum absolute atomic E-state index is 0.227. The molecule has 1 N–H and O–H groups in total. The molecule has 4 nitrogen and oxygen atoms in total. The van der Waals surface area contributed by atoms with Crippen LogP contribution in [0.25, 0.3) is 0 Å². The number of nitrogens with one attached hydrogen (secondary N) is 1. The fraction of sp³-hybridized carbons (Fsp3) is 0.714. The predicted molar refractivity (Wildman–Crippen MR) is 68.9 cm³/mol. The molecule has 4 heteroatoms. The molecule has 0 spiro atoms. The van der Waals surface area contributed by atoms with Gasteiger partial charge in [-0.2, -0.15) is 4.98 Å². The molecule has 0 radical (unpaired) electrons. The van der Waals surface area contributed by atoms with Crippen molar-refractivity contribution in [3.05, 3.63) is 23.9 Å². The van der Waals surface area contributed by atoms with Crippen molar-refractivity contribution in [1.82, 2.24) is 15.5 Å². The molecule has 4 atom stereocenters. The first-order valence-corrected chi connectivity index (χ1v) is 6.98. The summed E-state index contributed by atoms with van der Waals surface area (Å²) in [6, 6.07) is 0.227. The van der Waals surface area contributed by atoms with E-state index in [4.69, 9.17) is 4.52 Å². The van der Waals surface area contributed by atoms with Gasteiger partial charge in [0.2, 0.25) is 5.89 Å². The first-order chi connectivity index (χ1) is 8.76. The van der Waals surface area contributed by atoms with Crippen molar-refractivity contribution in [2.75, 3.05) is 6.54 Å². The molecule has 0 saturated heterocycles. The van der Waals surface area contributed by atoms with E-state index in [2.05, 4.69) is 34.5 Å². The summed E-state index contributed by atoms with van der Waals surface area (Å²) in [4.78, 5) is 4.32. The molecular formula is C14H21N3O. The molecule has 1 fully saturated rings. The molecule has 98 valence electrons. The molecule has 2 bridgehead atoms. The SMILES string of the molecule is CCC(NCC1CC2C=CC1C2)c1noc(C)n1. The van der Waals surface area contributed by atoms with Crippen molar-refractivity contribution in [3.8, 4) is 0 Å². The number of aromatic nitrogens is 2. The van der Waals surface area contributed by atoms with Crippen molar-refractivity contribution >= 4 is 0 Å². The van der Waals surface area contributed by atoms with Crippen molar-refractivity contribution < 1.29 is 4.52 Å². The van der Waals surface area contributed by atoms with Gasteiger partial charge in [-0.25, -0.2) is 0 Å². The minimum atomic E-state index is 0.227.